The lowest BCUT2D eigenvalue weighted by Gasteiger charge is -2.24. The van der Waals surface area contributed by atoms with Crippen molar-refractivity contribution in [3.63, 3.8) is 0 Å². The molecule has 0 unspecified atom stereocenters. The highest BCUT2D eigenvalue weighted by Gasteiger charge is 2.17. The molecule has 1 aromatic carbocycles. The second-order valence-electron chi connectivity index (χ2n) is 6.85. The predicted molar refractivity (Wildman–Crippen MR) is 103 cm³/mol. The van der Waals surface area contributed by atoms with Gasteiger partial charge in [-0.25, -0.2) is 4.98 Å². The Morgan fingerprint density at radius 1 is 1.24 bits per heavy atom. The molecule has 1 fully saturated rings. The lowest BCUT2D eigenvalue weighted by atomic mass is 9.87. The Labute approximate surface area is 154 Å². The van der Waals surface area contributed by atoms with E-state index in [1.807, 2.05) is 53.2 Å². The van der Waals surface area contributed by atoms with Gasteiger partial charge in [0.1, 0.15) is 0 Å². The van der Waals surface area contributed by atoms with Crippen molar-refractivity contribution in [2.45, 2.75) is 43.7 Å². The van der Waals surface area contributed by atoms with Crippen molar-refractivity contribution in [3.8, 4) is 5.69 Å². The van der Waals surface area contributed by atoms with Gasteiger partial charge in [0.25, 0.3) is 5.91 Å². The third-order valence-corrected chi connectivity index (χ3v) is 5.79. The third kappa shape index (κ3) is 4.46. The van der Waals surface area contributed by atoms with Crippen LogP contribution >= 0.6 is 11.8 Å². The fourth-order valence-electron chi connectivity index (χ4n) is 3.58. The second-order valence-corrected chi connectivity index (χ2v) is 7.62. The predicted octanol–water partition coefficient (Wildman–Crippen LogP) is 4.64. The van der Waals surface area contributed by atoms with Crippen LogP contribution in [0.4, 0.5) is 0 Å². The Morgan fingerprint density at radius 2 is 1.96 bits per heavy atom. The SMILES string of the molecule is CSc1nccn1-c1ccc(C(=O)N(C)CCC2CCCCC2)cc1. The van der Waals surface area contributed by atoms with E-state index in [1.165, 1.54) is 32.1 Å². The highest BCUT2D eigenvalue weighted by atomic mass is 32.2. The van der Waals surface area contributed by atoms with E-state index >= 15 is 0 Å². The molecule has 0 radical (unpaired) electrons. The maximum absolute atomic E-state index is 12.6. The normalized spacial score (nSPS) is 15.3. The molecule has 1 aliphatic carbocycles. The van der Waals surface area contributed by atoms with Crippen molar-refractivity contribution >= 4 is 17.7 Å². The van der Waals surface area contributed by atoms with Crippen LogP contribution in [0.3, 0.4) is 0 Å². The van der Waals surface area contributed by atoms with Gasteiger partial charge in [-0.3, -0.25) is 9.36 Å². The van der Waals surface area contributed by atoms with Crippen LogP contribution in [0.15, 0.2) is 41.8 Å². The van der Waals surface area contributed by atoms with Gasteiger partial charge in [0.05, 0.1) is 0 Å². The molecule has 5 heteroatoms. The summed E-state index contributed by atoms with van der Waals surface area (Å²) in [5.74, 6) is 0.913. The lowest BCUT2D eigenvalue weighted by molar-refractivity contribution is 0.0784. The smallest absolute Gasteiger partial charge is 0.253 e. The Balaban J connectivity index is 1.60. The molecule has 0 spiro atoms. The number of thioether (sulfide) groups is 1. The second kappa shape index (κ2) is 8.56. The number of rotatable bonds is 6. The van der Waals surface area contributed by atoms with Crippen molar-refractivity contribution in [3.05, 3.63) is 42.2 Å². The topological polar surface area (TPSA) is 38.1 Å². The third-order valence-electron chi connectivity index (χ3n) is 5.13. The molecule has 4 nitrogen and oxygen atoms in total. The first kappa shape index (κ1) is 18.1. The van der Waals surface area contributed by atoms with Crippen LogP contribution in [0.1, 0.15) is 48.9 Å². The average Bonchev–Trinajstić information content (AvgIpc) is 3.15. The summed E-state index contributed by atoms with van der Waals surface area (Å²) in [6, 6.07) is 7.81. The van der Waals surface area contributed by atoms with Gasteiger partial charge >= 0.3 is 0 Å². The fourth-order valence-corrected chi connectivity index (χ4v) is 4.11. The molecule has 1 aliphatic rings. The maximum atomic E-state index is 12.6. The molecule has 0 saturated heterocycles. The van der Waals surface area contributed by atoms with Crippen molar-refractivity contribution < 1.29 is 4.79 Å². The summed E-state index contributed by atoms with van der Waals surface area (Å²) in [5, 5.41) is 0.948. The molecule has 3 rings (SSSR count). The highest BCUT2D eigenvalue weighted by molar-refractivity contribution is 7.98. The molecule has 0 aliphatic heterocycles. The van der Waals surface area contributed by atoms with Gasteiger partial charge in [-0.05, 0) is 42.9 Å². The van der Waals surface area contributed by atoms with Crippen LogP contribution in [0, 0.1) is 5.92 Å². The molecule has 0 N–H and O–H groups in total. The molecule has 0 atom stereocenters. The largest absolute Gasteiger partial charge is 0.342 e. The summed E-state index contributed by atoms with van der Waals surface area (Å²) in [7, 11) is 1.92. The summed E-state index contributed by atoms with van der Waals surface area (Å²) < 4.78 is 2.03. The minimum Gasteiger partial charge on any atom is -0.342 e. The zero-order valence-corrected chi connectivity index (χ0v) is 16.0. The van der Waals surface area contributed by atoms with Gasteiger partial charge in [0, 0.05) is 37.2 Å². The quantitative estimate of drug-likeness (QED) is 0.707. The van der Waals surface area contributed by atoms with Crippen LogP contribution < -0.4 is 0 Å². The number of aromatic nitrogens is 2. The van der Waals surface area contributed by atoms with E-state index in [1.54, 1.807) is 18.0 Å². The average molecular weight is 358 g/mol. The standard InChI is InChI=1S/C20H27N3OS/c1-22(14-12-16-6-4-3-5-7-16)19(24)17-8-10-18(11-9-17)23-15-13-21-20(23)25-2/h8-11,13,15-16H,3-7,12,14H2,1-2H3. The van der Waals surface area contributed by atoms with Gasteiger partial charge in [0.2, 0.25) is 0 Å². The van der Waals surface area contributed by atoms with Crippen molar-refractivity contribution in [2.75, 3.05) is 19.8 Å². The number of hydrogen-bond donors (Lipinski definition) is 0. The minimum absolute atomic E-state index is 0.109. The van der Waals surface area contributed by atoms with Crippen LogP contribution in [-0.4, -0.2) is 40.2 Å². The number of imidazole rings is 1. The van der Waals surface area contributed by atoms with Gasteiger partial charge in [0.15, 0.2) is 5.16 Å². The first-order valence-electron chi connectivity index (χ1n) is 9.12. The summed E-state index contributed by atoms with van der Waals surface area (Å²) in [4.78, 5) is 18.8. The van der Waals surface area contributed by atoms with E-state index in [2.05, 4.69) is 4.98 Å². The Kier molecular flexibility index (Phi) is 6.19. The highest BCUT2D eigenvalue weighted by Crippen LogP contribution is 2.26. The van der Waals surface area contributed by atoms with Crippen molar-refractivity contribution in [1.82, 2.24) is 14.5 Å². The first-order chi connectivity index (χ1) is 12.2. The zero-order valence-electron chi connectivity index (χ0n) is 15.1. The number of carbonyl (C=O) groups excluding carboxylic acids is 1. The summed E-state index contributed by atoms with van der Waals surface area (Å²) in [6.45, 7) is 0.851. The summed E-state index contributed by atoms with van der Waals surface area (Å²) in [6.07, 6.45) is 13.6. The van der Waals surface area contributed by atoms with E-state index in [-0.39, 0.29) is 5.91 Å². The number of hydrogen-bond acceptors (Lipinski definition) is 3. The number of benzene rings is 1. The molecular weight excluding hydrogens is 330 g/mol. The Morgan fingerprint density at radius 3 is 2.64 bits per heavy atom. The summed E-state index contributed by atoms with van der Waals surface area (Å²) >= 11 is 1.61. The molecule has 134 valence electrons. The molecule has 25 heavy (non-hydrogen) atoms. The first-order valence-corrected chi connectivity index (χ1v) is 10.3. The molecular formula is C20H27N3OS. The molecule has 1 aromatic heterocycles. The number of amides is 1. The molecule has 1 heterocycles. The van der Waals surface area contributed by atoms with E-state index in [0.717, 1.165) is 35.3 Å². The van der Waals surface area contributed by atoms with Gasteiger partial charge in [-0.2, -0.15) is 0 Å². The Bertz CT molecular complexity index is 689. The van der Waals surface area contributed by atoms with E-state index < -0.39 is 0 Å². The zero-order chi connectivity index (χ0) is 17.6. The van der Waals surface area contributed by atoms with Crippen LogP contribution in [0.25, 0.3) is 5.69 Å². The van der Waals surface area contributed by atoms with Crippen molar-refractivity contribution in [2.24, 2.45) is 5.92 Å². The van der Waals surface area contributed by atoms with Crippen LogP contribution in [0.5, 0.6) is 0 Å². The van der Waals surface area contributed by atoms with E-state index in [4.69, 9.17) is 0 Å². The van der Waals surface area contributed by atoms with E-state index in [9.17, 15) is 4.79 Å². The van der Waals surface area contributed by atoms with E-state index in [0.29, 0.717) is 0 Å². The molecule has 0 bridgehead atoms. The van der Waals surface area contributed by atoms with Gasteiger partial charge in [-0.1, -0.05) is 43.9 Å². The van der Waals surface area contributed by atoms with Gasteiger partial charge < -0.3 is 4.90 Å². The lowest BCUT2D eigenvalue weighted by Crippen LogP contribution is -2.29. The minimum atomic E-state index is 0.109. The van der Waals surface area contributed by atoms with Crippen LogP contribution in [0.2, 0.25) is 0 Å². The molecule has 1 amide bonds. The van der Waals surface area contributed by atoms with Crippen molar-refractivity contribution in [1.29, 1.82) is 0 Å². The number of carbonyl (C=O) groups is 1. The van der Waals surface area contributed by atoms with Crippen LogP contribution in [-0.2, 0) is 0 Å². The molecule has 1 saturated carbocycles. The monoisotopic (exact) mass is 357 g/mol. The summed E-state index contributed by atoms with van der Waals surface area (Å²) in [5.41, 5.74) is 1.78. The van der Waals surface area contributed by atoms with Gasteiger partial charge in [-0.15, -0.1) is 0 Å². The fraction of sp³-hybridized carbons (Fsp3) is 0.500. The maximum Gasteiger partial charge on any atom is 0.253 e. The molecule has 2 aromatic rings. The number of nitrogens with zero attached hydrogens (tertiary/aromatic N) is 3. The Hall–Kier alpha value is -1.75.